The maximum atomic E-state index is 13.0. The van der Waals surface area contributed by atoms with Gasteiger partial charge in [-0.3, -0.25) is 9.59 Å². The molecule has 7 nitrogen and oxygen atoms in total. The molecule has 3 heterocycles. The Kier molecular flexibility index (Phi) is 3.00. The minimum absolute atomic E-state index is 0.0941. The second-order valence-electron chi connectivity index (χ2n) is 6.07. The lowest BCUT2D eigenvalue weighted by Gasteiger charge is -2.14. The van der Waals surface area contributed by atoms with Gasteiger partial charge < -0.3 is 23.5 Å². The van der Waals surface area contributed by atoms with Crippen molar-refractivity contribution >= 4 is 17.1 Å². The molecule has 0 saturated heterocycles. The monoisotopic (exact) mass is 351 g/mol. The molecule has 0 amide bonds. The molecule has 1 aromatic heterocycles. The Hall–Kier alpha value is -3.48. The van der Waals surface area contributed by atoms with Gasteiger partial charge in [0, 0.05) is 18.2 Å². The molecular weight excluding hydrogens is 338 g/mol. The van der Waals surface area contributed by atoms with E-state index in [0.29, 0.717) is 50.6 Å². The van der Waals surface area contributed by atoms with Gasteiger partial charge in [0.2, 0.25) is 13.6 Å². The smallest absolute Gasteiger partial charge is 0.262 e. The molecule has 0 atom stereocenters. The van der Waals surface area contributed by atoms with Crippen LogP contribution in [0.25, 0.3) is 22.0 Å². The van der Waals surface area contributed by atoms with Crippen LogP contribution in [-0.2, 0) is 7.05 Å². The number of nitrogens with zero attached hydrogens (tertiary/aromatic N) is 1. The summed E-state index contributed by atoms with van der Waals surface area (Å²) in [7, 11) is 1.66. The largest absolute Gasteiger partial charge is 0.454 e. The van der Waals surface area contributed by atoms with Gasteiger partial charge in [0.25, 0.3) is 5.56 Å². The summed E-state index contributed by atoms with van der Waals surface area (Å²) in [5.74, 6) is 2.07. The van der Waals surface area contributed by atoms with E-state index in [4.69, 9.17) is 18.9 Å². The van der Waals surface area contributed by atoms with Gasteiger partial charge in [-0.15, -0.1) is 0 Å². The second-order valence-corrected chi connectivity index (χ2v) is 6.07. The lowest BCUT2D eigenvalue weighted by Crippen LogP contribution is -2.19. The summed E-state index contributed by atoms with van der Waals surface area (Å²) in [4.78, 5) is 24.6. The summed E-state index contributed by atoms with van der Waals surface area (Å²) in [5.41, 5.74) is 1.39. The molecule has 7 heteroatoms. The van der Waals surface area contributed by atoms with Gasteiger partial charge in [-0.25, -0.2) is 0 Å². The SMILES string of the molecule is Cn1c(-c2cc3c(cc2C=O)OCO3)cc2ccc3c(c2c1=O)OCO3. The van der Waals surface area contributed by atoms with Gasteiger partial charge in [0.15, 0.2) is 29.3 Å². The van der Waals surface area contributed by atoms with Gasteiger partial charge in [0.1, 0.15) is 0 Å². The predicted molar refractivity (Wildman–Crippen MR) is 92.3 cm³/mol. The molecule has 0 fully saturated rings. The van der Waals surface area contributed by atoms with Gasteiger partial charge in [0.05, 0.1) is 11.1 Å². The maximum Gasteiger partial charge on any atom is 0.262 e. The molecule has 2 aliphatic rings. The lowest BCUT2D eigenvalue weighted by atomic mass is 10.0. The van der Waals surface area contributed by atoms with Crippen LogP contribution in [0.4, 0.5) is 0 Å². The molecule has 0 radical (unpaired) electrons. The molecule has 2 aliphatic heterocycles. The van der Waals surface area contributed by atoms with Crippen molar-refractivity contribution in [3.05, 3.63) is 46.2 Å². The molecule has 0 aliphatic carbocycles. The Labute approximate surface area is 147 Å². The number of ether oxygens (including phenoxy) is 4. The van der Waals surface area contributed by atoms with E-state index in [0.717, 1.165) is 6.29 Å². The predicted octanol–water partition coefficient (Wildman–Crippen LogP) is 2.48. The average Bonchev–Trinajstić information content (AvgIpc) is 3.31. The van der Waals surface area contributed by atoms with Crippen molar-refractivity contribution in [3.63, 3.8) is 0 Å². The van der Waals surface area contributed by atoms with Gasteiger partial charge in [-0.05, 0) is 29.7 Å². The van der Waals surface area contributed by atoms with Crippen LogP contribution in [0, 0.1) is 0 Å². The zero-order valence-corrected chi connectivity index (χ0v) is 13.8. The summed E-state index contributed by atoms with van der Waals surface area (Å²) < 4.78 is 23.1. The van der Waals surface area contributed by atoms with E-state index < -0.39 is 0 Å². The first-order chi connectivity index (χ1) is 12.7. The zero-order valence-electron chi connectivity index (χ0n) is 13.8. The van der Waals surface area contributed by atoms with Crippen LogP contribution >= 0.6 is 0 Å². The number of pyridine rings is 1. The first-order valence-corrected chi connectivity index (χ1v) is 7.99. The topological polar surface area (TPSA) is 76.0 Å². The van der Waals surface area contributed by atoms with Crippen molar-refractivity contribution in [2.45, 2.75) is 0 Å². The van der Waals surface area contributed by atoms with Crippen LogP contribution in [-0.4, -0.2) is 24.4 Å². The van der Waals surface area contributed by atoms with Crippen molar-refractivity contribution in [1.29, 1.82) is 0 Å². The molecule has 0 N–H and O–H groups in total. The van der Waals surface area contributed by atoms with Crippen molar-refractivity contribution in [2.24, 2.45) is 7.05 Å². The molecule has 0 bridgehead atoms. The van der Waals surface area contributed by atoms with Crippen molar-refractivity contribution in [2.75, 3.05) is 13.6 Å². The van der Waals surface area contributed by atoms with E-state index in [2.05, 4.69) is 0 Å². The second kappa shape index (κ2) is 5.26. The van der Waals surface area contributed by atoms with E-state index in [9.17, 15) is 9.59 Å². The standard InChI is InChI=1S/C19H13NO6/c1-20-13(12-6-16-15(24-8-25-16)5-11(12)7-21)4-10-2-3-14-18(26-9-23-14)17(10)19(20)22/h2-7H,8-9H2,1H3. The fraction of sp³-hybridized carbons (Fsp3) is 0.158. The molecule has 3 aromatic rings. The summed E-state index contributed by atoms with van der Waals surface area (Å²) in [5, 5.41) is 1.17. The van der Waals surface area contributed by atoms with Crippen molar-refractivity contribution < 1.29 is 23.7 Å². The van der Waals surface area contributed by atoms with E-state index in [1.165, 1.54) is 4.57 Å². The number of carbonyl (C=O) groups excluding carboxylic acids is 1. The highest BCUT2D eigenvalue weighted by Gasteiger charge is 2.23. The highest BCUT2D eigenvalue weighted by atomic mass is 16.7. The number of aromatic nitrogens is 1. The first kappa shape index (κ1) is 14.8. The van der Waals surface area contributed by atoms with Crippen LogP contribution in [0.5, 0.6) is 23.0 Å². The molecule has 0 unspecified atom stereocenters. The number of carbonyl (C=O) groups is 1. The van der Waals surface area contributed by atoms with Gasteiger partial charge in [-0.2, -0.15) is 0 Å². The van der Waals surface area contributed by atoms with E-state index >= 15 is 0 Å². The number of rotatable bonds is 2. The van der Waals surface area contributed by atoms with Gasteiger partial charge >= 0.3 is 0 Å². The third-order valence-electron chi connectivity index (χ3n) is 4.69. The fourth-order valence-corrected chi connectivity index (χ4v) is 3.39. The lowest BCUT2D eigenvalue weighted by molar-refractivity contribution is 0.112. The van der Waals surface area contributed by atoms with E-state index in [1.54, 1.807) is 31.3 Å². The maximum absolute atomic E-state index is 13.0. The highest BCUT2D eigenvalue weighted by molar-refractivity contribution is 5.95. The molecule has 2 aromatic carbocycles. The number of benzene rings is 2. The quantitative estimate of drug-likeness (QED) is 0.660. The van der Waals surface area contributed by atoms with Crippen LogP contribution in [0.2, 0.25) is 0 Å². The average molecular weight is 351 g/mol. The van der Waals surface area contributed by atoms with Crippen LogP contribution in [0.1, 0.15) is 10.4 Å². The summed E-state index contributed by atoms with van der Waals surface area (Å²) in [6, 6.07) is 8.78. The Morgan fingerprint density at radius 3 is 2.50 bits per heavy atom. The Bertz CT molecular complexity index is 1150. The number of fused-ring (bicyclic) bond motifs is 4. The number of aldehydes is 1. The molecule has 130 valence electrons. The van der Waals surface area contributed by atoms with E-state index in [-0.39, 0.29) is 19.1 Å². The van der Waals surface area contributed by atoms with Gasteiger partial charge in [-0.1, -0.05) is 6.07 Å². The summed E-state index contributed by atoms with van der Waals surface area (Å²) in [6.07, 6.45) is 0.742. The zero-order chi connectivity index (χ0) is 17.8. The third-order valence-corrected chi connectivity index (χ3v) is 4.69. The molecule has 26 heavy (non-hydrogen) atoms. The fourth-order valence-electron chi connectivity index (χ4n) is 3.39. The molecule has 0 saturated carbocycles. The van der Waals surface area contributed by atoms with E-state index in [1.807, 2.05) is 6.07 Å². The van der Waals surface area contributed by atoms with Crippen LogP contribution in [0.3, 0.4) is 0 Å². The van der Waals surface area contributed by atoms with Crippen LogP contribution < -0.4 is 24.5 Å². The normalized spacial score (nSPS) is 14.0. The Morgan fingerprint density at radius 1 is 0.962 bits per heavy atom. The summed E-state index contributed by atoms with van der Waals surface area (Å²) >= 11 is 0. The first-order valence-electron chi connectivity index (χ1n) is 7.99. The number of hydrogen-bond acceptors (Lipinski definition) is 6. The third kappa shape index (κ3) is 1.94. The Balaban J connectivity index is 1.82. The highest BCUT2D eigenvalue weighted by Crippen LogP contribution is 2.41. The van der Waals surface area contributed by atoms with Crippen LogP contribution in [0.15, 0.2) is 35.1 Å². The Morgan fingerprint density at radius 2 is 1.69 bits per heavy atom. The summed E-state index contributed by atoms with van der Waals surface area (Å²) in [6.45, 7) is 0.202. The number of hydrogen-bond donors (Lipinski definition) is 0. The molecule has 5 rings (SSSR count). The minimum Gasteiger partial charge on any atom is -0.454 e. The molecule has 0 spiro atoms. The van der Waals surface area contributed by atoms with Crippen molar-refractivity contribution in [1.82, 2.24) is 4.57 Å². The minimum atomic E-state index is -0.227. The van der Waals surface area contributed by atoms with Crippen molar-refractivity contribution in [3.8, 4) is 34.3 Å². The molecular formula is C19H13NO6.